The molecular weight excluding hydrogens is 567 g/mol. The Morgan fingerprint density at radius 3 is 2.44 bits per heavy atom. The number of aromatic nitrogens is 1. The molecule has 3 aromatic carbocycles. The van der Waals surface area contributed by atoms with E-state index in [-0.39, 0.29) is 30.2 Å². The van der Waals surface area contributed by atoms with E-state index >= 15 is 0 Å². The van der Waals surface area contributed by atoms with Gasteiger partial charge in [0.05, 0.1) is 28.5 Å². The van der Waals surface area contributed by atoms with Crippen molar-refractivity contribution in [3.63, 3.8) is 0 Å². The van der Waals surface area contributed by atoms with Gasteiger partial charge in [-0.25, -0.2) is 14.2 Å². The maximum absolute atomic E-state index is 13.8. The van der Waals surface area contributed by atoms with Crippen LogP contribution in [0.2, 0.25) is 5.02 Å². The maximum Gasteiger partial charge on any atom is 0.338 e. The number of hydrogen-bond acceptors (Lipinski definition) is 7. The lowest BCUT2D eigenvalue weighted by Crippen LogP contribution is -2.40. The molecule has 0 radical (unpaired) electrons. The van der Waals surface area contributed by atoms with E-state index in [1.54, 1.807) is 61.5 Å². The zero-order valence-electron chi connectivity index (χ0n) is 22.3. The Morgan fingerprint density at radius 1 is 1.05 bits per heavy atom. The van der Waals surface area contributed by atoms with Crippen molar-refractivity contribution in [2.45, 2.75) is 19.6 Å². The molecule has 1 aliphatic heterocycles. The number of benzene rings is 3. The molecule has 0 amide bonds. The molecule has 7 nitrogen and oxygen atoms in total. The Hall–Kier alpha value is -4.05. The Labute approximate surface area is 244 Å². The standard InChI is InChI=1S/C31H26ClFN2O5S/c1-19-27(30(37)39-16-15-38-2)28(22-7-9-23(32)10-8-22)35-29(36)26(41-31(35)34-19)17-20-5-13-25(14-6-20)40-18-21-3-11-24(33)12-4-21/h3-14,17,28H,15-16,18H2,1-2H3. The SMILES string of the molecule is COCCOC(=O)C1=C(C)N=c2sc(=Cc3ccc(OCc4ccc(F)cc4)cc3)c(=O)n2C1c1ccc(Cl)cc1. The Kier molecular flexibility index (Phi) is 8.78. The molecule has 41 heavy (non-hydrogen) atoms. The van der Waals surface area contributed by atoms with E-state index in [9.17, 15) is 14.0 Å². The van der Waals surface area contributed by atoms with Gasteiger partial charge in [0.2, 0.25) is 0 Å². The van der Waals surface area contributed by atoms with Gasteiger partial charge >= 0.3 is 5.97 Å². The third-order valence-electron chi connectivity index (χ3n) is 6.44. The van der Waals surface area contributed by atoms with Gasteiger partial charge in [0, 0.05) is 12.1 Å². The summed E-state index contributed by atoms with van der Waals surface area (Å²) in [5.74, 6) is -0.215. The predicted octanol–water partition coefficient (Wildman–Crippen LogP) is 4.80. The van der Waals surface area contributed by atoms with Crippen LogP contribution in [-0.4, -0.2) is 30.9 Å². The number of thiazole rings is 1. The van der Waals surface area contributed by atoms with E-state index in [1.165, 1.54) is 35.1 Å². The molecule has 2 heterocycles. The molecule has 0 N–H and O–H groups in total. The van der Waals surface area contributed by atoms with Crippen LogP contribution in [0, 0.1) is 5.82 Å². The molecule has 1 aliphatic rings. The summed E-state index contributed by atoms with van der Waals surface area (Å²) in [4.78, 5) is 32.0. The highest BCUT2D eigenvalue weighted by molar-refractivity contribution is 7.07. The summed E-state index contributed by atoms with van der Waals surface area (Å²) in [5, 5.41) is 0.538. The second-order valence-electron chi connectivity index (χ2n) is 9.25. The second-order valence-corrected chi connectivity index (χ2v) is 10.7. The zero-order chi connectivity index (χ0) is 28.9. The smallest absolute Gasteiger partial charge is 0.338 e. The molecule has 0 fully saturated rings. The average molecular weight is 593 g/mol. The number of esters is 1. The lowest BCUT2D eigenvalue weighted by Gasteiger charge is -2.24. The highest BCUT2D eigenvalue weighted by Crippen LogP contribution is 2.31. The van der Waals surface area contributed by atoms with Gasteiger partial charge in [-0.1, -0.05) is 59.3 Å². The van der Waals surface area contributed by atoms with E-state index in [0.717, 1.165) is 11.1 Å². The number of methoxy groups -OCH3 is 1. The summed E-state index contributed by atoms with van der Waals surface area (Å²) < 4.78 is 31.3. The molecule has 0 spiro atoms. The van der Waals surface area contributed by atoms with Gasteiger partial charge in [0.25, 0.3) is 5.56 Å². The molecule has 0 bridgehead atoms. The van der Waals surface area contributed by atoms with Crippen molar-refractivity contribution in [1.29, 1.82) is 0 Å². The van der Waals surface area contributed by atoms with Crippen LogP contribution in [-0.2, 0) is 20.9 Å². The van der Waals surface area contributed by atoms with Gasteiger partial charge in [0.1, 0.15) is 24.8 Å². The van der Waals surface area contributed by atoms with Gasteiger partial charge < -0.3 is 14.2 Å². The molecule has 4 aromatic rings. The Bertz CT molecular complexity index is 1760. The number of nitrogens with zero attached hydrogens (tertiary/aromatic N) is 2. The first-order chi connectivity index (χ1) is 19.8. The average Bonchev–Trinajstić information content (AvgIpc) is 3.27. The molecule has 1 atom stereocenters. The first-order valence-corrected chi connectivity index (χ1v) is 13.9. The van der Waals surface area contributed by atoms with E-state index < -0.39 is 12.0 Å². The van der Waals surface area contributed by atoms with E-state index in [0.29, 0.717) is 38.0 Å². The third-order valence-corrected chi connectivity index (χ3v) is 7.68. The van der Waals surface area contributed by atoms with Crippen LogP contribution in [0.25, 0.3) is 6.08 Å². The minimum absolute atomic E-state index is 0.0769. The summed E-state index contributed by atoms with van der Waals surface area (Å²) in [7, 11) is 1.52. The van der Waals surface area contributed by atoms with Crippen molar-refractivity contribution in [1.82, 2.24) is 4.57 Å². The summed E-state index contributed by atoms with van der Waals surface area (Å²) >= 11 is 7.37. The number of allylic oxidation sites excluding steroid dienone is 1. The first kappa shape index (κ1) is 28.5. The second kappa shape index (κ2) is 12.6. The number of carbonyl (C=O) groups excluding carboxylic acids is 1. The van der Waals surface area contributed by atoms with E-state index in [4.69, 9.17) is 25.8 Å². The largest absolute Gasteiger partial charge is 0.489 e. The maximum atomic E-state index is 13.8. The van der Waals surface area contributed by atoms with Crippen LogP contribution in [0.4, 0.5) is 4.39 Å². The van der Waals surface area contributed by atoms with Crippen molar-refractivity contribution in [3.05, 3.63) is 131 Å². The fraction of sp³-hybridized carbons (Fsp3) is 0.194. The van der Waals surface area contributed by atoms with Crippen LogP contribution in [0.3, 0.4) is 0 Å². The summed E-state index contributed by atoms with van der Waals surface area (Å²) in [6.45, 7) is 2.36. The van der Waals surface area contributed by atoms with E-state index in [1.807, 2.05) is 12.1 Å². The zero-order valence-corrected chi connectivity index (χ0v) is 23.9. The summed E-state index contributed by atoms with van der Waals surface area (Å²) in [5.41, 5.74) is 2.83. The summed E-state index contributed by atoms with van der Waals surface area (Å²) in [6, 6.07) is 19.7. The topological polar surface area (TPSA) is 79.1 Å². The van der Waals surface area contributed by atoms with Crippen LogP contribution in [0.5, 0.6) is 5.75 Å². The molecular formula is C31H26ClFN2O5S. The van der Waals surface area contributed by atoms with Crippen molar-refractivity contribution < 1.29 is 23.4 Å². The summed E-state index contributed by atoms with van der Waals surface area (Å²) in [6.07, 6.45) is 1.78. The van der Waals surface area contributed by atoms with Gasteiger partial charge in [-0.05, 0) is 66.1 Å². The van der Waals surface area contributed by atoms with Crippen molar-refractivity contribution in [2.75, 3.05) is 20.3 Å². The first-order valence-electron chi connectivity index (χ1n) is 12.8. The normalized spacial score (nSPS) is 14.9. The van der Waals surface area contributed by atoms with Gasteiger partial charge in [-0.15, -0.1) is 0 Å². The van der Waals surface area contributed by atoms with Crippen LogP contribution >= 0.6 is 22.9 Å². The third kappa shape index (κ3) is 6.48. The fourth-order valence-corrected chi connectivity index (χ4v) is 5.57. The molecule has 5 rings (SSSR count). The van der Waals surface area contributed by atoms with Crippen molar-refractivity contribution >= 4 is 35.0 Å². The molecule has 0 saturated heterocycles. The minimum Gasteiger partial charge on any atom is -0.489 e. The molecule has 0 aliphatic carbocycles. The van der Waals surface area contributed by atoms with Crippen LogP contribution < -0.4 is 19.6 Å². The Morgan fingerprint density at radius 2 is 1.76 bits per heavy atom. The van der Waals surface area contributed by atoms with Crippen molar-refractivity contribution in [2.24, 2.45) is 4.99 Å². The van der Waals surface area contributed by atoms with Crippen LogP contribution in [0.15, 0.2) is 93.9 Å². The highest BCUT2D eigenvalue weighted by Gasteiger charge is 2.33. The minimum atomic E-state index is -0.733. The monoisotopic (exact) mass is 592 g/mol. The fourth-order valence-electron chi connectivity index (χ4n) is 4.40. The molecule has 0 saturated carbocycles. The molecule has 10 heteroatoms. The van der Waals surface area contributed by atoms with Crippen LogP contribution in [0.1, 0.15) is 29.7 Å². The van der Waals surface area contributed by atoms with Crippen molar-refractivity contribution in [3.8, 4) is 5.75 Å². The van der Waals surface area contributed by atoms with Gasteiger partial charge in [0.15, 0.2) is 4.80 Å². The predicted molar refractivity (Wildman–Crippen MR) is 155 cm³/mol. The number of halogens is 2. The number of ether oxygens (including phenoxy) is 3. The lowest BCUT2D eigenvalue weighted by atomic mass is 9.96. The number of carbonyl (C=O) groups is 1. The Balaban J connectivity index is 1.47. The lowest BCUT2D eigenvalue weighted by molar-refractivity contribution is -0.140. The number of hydrogen-bond donors (Lipinski definition) is 0. The number of rotatable bonds is 9. The highest BCUT2D eigenvalue weighted by atomic mass is 35.5. The van der Waals surface area contributed by atoms with Gasteiger partial charge in [-0.3, -0.25) is 9.36 Å². The van der Waals surface area contributed by atoms with E-state index in [2.05, 4.69) is 4.99 Å². The number of fused-ring (bicyclic) bond motifs is 1. The molecule has 1 aromatic heterocycles. The van der Waals surface area contributed by atoms with Gasteiger partial charge in [-0.2, -0.15) is 0 Å². The quantitative estimate of drug-likeness (QED) is 0.206. The molecule has 1 unspecified atom stereocenters. The molecule has 210 valence electrons.